The summed E-state index contributed by atoms with van der Waals surface area (Å²) in [6.07, 6.45) is 3.20. The molecule has 80 valence electrons. The van der Waals surface area contributed by atoms with Gasteiger partial charge in [0.15, 0.2) is 0 Å². The summed E-state index contributed by atoms with van der Waals surface area (Å²) in [5.74, 6) is -0.704. The minimum absolute atomic E-state index is 0.495. The fraction of sp³-hybridized carbons (Fsp3) is 0.800. The second kappa shape index (κ2) is 4.98. The van der Waals surface area contributed by atoms with Crippen LogP contribution < -0.4 is 0 Å². The Kier molecular flexibility index (Phi) is 3.92. The molecular formula is C10H17NO3. The number of amides is 1. The molecule has 1 rings (SSSR count). The third-order valence-electron chi connectivity index (χ3n) is 2.74. The van der Waals surface area contributed by atoms with Crippen LogP contribution in [0.4, 0.5) is 0 Å². The second-order valence-corrected chi connectivity index (χ2v) is 3.66. The molecule has 0 aliphatic carbocycles. The Bertz CT molecular complexity index is 227. The van der Waals surface area contributed by atoms with Gasteiger partial charge in [0.05, 0.1) is 7.11 Å². The normalized spacial score (nSPS) is 21.9. The minimum atomic E-state index is -0.748. The molecule has 0 aromatic carbocycles. The first-order valence-electron chi connectivity index (χ1n) is 5.06. The Morgan fingerprint density at radius 2 is 2.21 bits per heavy atom. The van der Waals surface area contributed by atoms with Crippen LogP contribution in [0.1, 0.15) is 26.2 Å². The third-order valence-corrected chi connectivity index (χ3v) is 2.74. The summed E-state index contributed by atoms with van der Waals surface area (Å²) >= 11 is 0. The van der Waals surface area contributed by atoms with Gasteiger partial charge in [-0.15, -0.1) is 0 Å². The predicted molar refractivity (Wildman–Crippen MR) is 51.6 cm³/mol. The standard InChI is InChI=1S/C10H17NO3/c1-3-8-5-4-6-11(7-8)9(12)10(13)14-2/h8H,3-7H2,1-2H3. The fourth-order valence-electron chi connectivity index (χ4n) is 1.80. The molecular weight excluding hydrogens is 182 g/mol. The van der Waals surface area contributed by atoms with E-state index in [1.54, 1.807) is 4.90 Å². The molecule has 1 fully saturated rings. The van der Waals surface area contributed by atoms with E-state index in [1.165, 1.54) is 7.11 Å². The van der Waals surface area contributed by atoms with Crippen molar-refractivity contribution < 1.29 is 14.3 Å². The molecule has 0 aromatic rings. The molecule has 1 heterocycles. The van der Waals surface area contributed by atoms with E-state index >= 15 is 0 Å². The van der Waals surface area contributed by atoms with Crippen molar-refractivity contribution in [2.45, 2.75) is 26.2 Å². The van der Waals surface area contributed by atoms with Crippen molar-refractivity contribution in [1.29, 1.82) is 0 Å². The Balaban J connectivity index is 2.51. The van der Waals surface area contributed by atoms with Gasteiger partial charge in [0.1, 0.15) is 0 Å². The van der Waals surface area contributed by atoms with Crippen LogP contribution in [0.15, 0.2) is 0 Å². The minimum Gasteiger partial charge on any atom is -0.462 e. The van der Waals surface area contributed by atoms with Crippen molar-refractivity contribution >= 4 is 11.9 Å². The first kappa shape index (κ1) is 11.0. The Hall–Kier alpha value is -1.06. The maximum atomic E-state index is 11.4. The smallest absolute Gasteiger partial charge is 0.396 e. The van der Waals surface area contributed by atoms with Gasteiger partial charge in [-0.1, -0.05) is 13.3 Å². The number of piperidine rings is 1. The fourth-order valence-corrected chi connectivity index (χ4v) is 1.80. The van der Waals surface area contributed by atoms with Gasteiger partial charge in [0.2, 0.25) is 0 Å². The molecule has 0 spiro atoms. The molecule has 4 heteroatoms. The lowest BCUT2D eigenvalue weighted by atomic mass is 9.96. The number of hydrogen-bond acceptors (Lipinski definition) is 3. The zero-order valence-electron chi connectivity index (χ0n) is 8.78. The molecule has 1 saturated heterocycles. The van der Waals surface area contributed by atoms with Gasteiger partial charge in [0, 0.05) is 13.1 Å². The van der Waals surface area contributed by atoms with E-state index in [0.29, 0.717) is 19.0 Å². The van der Waals surface area contributed by atoms with E-state index in [4.69, 9.17) is 0 Å². The lowest BCUT2D eigenvalue weighted by Gasteiger charge is -2.31. The van der Waals surface area contributed by atoms with Gasteiger partial charge >= 0.3 is 11.9 Å². The van der Waals surface area contributed by atoms with Gasteiger partial charge in [0.25, 0.3) is 0 Å². The van der Waals surface area contributed by atoms with E-state index in [1.807, 2.05) is 0 Å². The third kappa shape index (κ3) is 2.47. The van der Waals surface area contributed by atoms with Crippen LogP contribution >= 0.6 is 0 Å². The number of carbonyl (C=O) groups is 2. The van der Waals surface area contributed by atoms with E-state index in [9.17, 15) is 9.59 Å². The number of nitrogens with zero attached hydrogens (tertiary/aromatic N) is 1. The van der Waals surface area contributed by atoms with Crippen LogP contribution in [0.2, 0.25) is 0 Å². The molecule has 0 bridgehead atoms. The van der Waals surface area contributed by atoms with Crippen LogP contribution in [0.25, 0.3) is 0 Å². The lowest BCUT2D eigenvalue weighted by Crippen LogP contribution is -2.43. The monoisotopic (exact) mass is 199 g/mol. The van der Waals surface area contributed by atoms with E-state index in [-0.39, 0.29) is 0 Å². The average Bonchev–Trinajstić information content (AvgIpc) is 2.27. The highest BCUT2D eigenvalue weighted by molar-refractivity contribution is 6.32. The maximum Gasteiger partial charge on any atom is 0.396 e. The van der Waals surface area contributed by atoms with Gasteiger partial charge in [-0.3, -0.25) is 4.79 Å². The first-order valence-corrected chi connectivity index (χ1v) is 5.06. The maximum absolute atomic E-state index is 11.4. The zero-order chi connectivity index (χ0) is 10.6. The summed E-state index contributed by atoms with van der Waals surface area (Å²) in [4.78, 5) is 24.0. The summed E-state index contributed by atoms with van der Waals surface area (Å²) in [6.45, 7) is 3.49. The van der Waals surface area contributed by atoms with Gasteiger partial charge in [-0.2, -0.15) is 0 Å². The van der Waals surface area contributed by atoms with Crippen molar-refractivity contribution in [3.63, 3.8) is 0 Å². The van der Waals surface area contributed by atoms with E-state index < -0.39 is 11.9 Å². The lowest BCUT2D eigenvalue weighted by molar-refractivity contribution is -0.159. The van der Waals surface area contributed by atoms with E-state index in [0.717, 1.165) is 19.3 Å². The molecule has 4 nitrogen and oxygen atoms in total. The number of hydrogen-bond donors (Lipinski definition) is 0. The number of ether oxygens (including phenoxy) is 1. The van der Waals surface area contributed by atoms with Crippen LogP contribution in [0.5, 0.6) is 0 Å². The highest BCUT2D eigenvalue weighted by atomic mass is 16.5. The largest absolute Gasteiger partial charge is 0.462 e. The number of carbonyl (C=O) groups excluding carboxylic acids is 2. The van der Waals surface area contributed by atoms with Crippen LogP contribution in [0.3, 0.4) is 0 Å². The first-order chi connectivity index (χ1) is 6.69. The van der Waals surface area contributed by atoms with Gasteiger partial charge in [-0.05, 0) is 18.8 Å². The summed E-state index contributed by atoms with van der Waals surface area (Å²) < 4.78 is 4.40. The Morgan fingerprint density at radius 1 is 1.50 bits per heavy atom. The number of esters is 1. The molecule has 1 amide bonds. The summed E-state index contributed by atoms with van der Waals surface area (Å²) in [6, 6.07) is 0. The highest BCUT2D eigenvalue weighted by Gasteiger charge is 2.27. The molecule has 1 aliphatic rings. The zero-order valence-corrected chi connectivity index (χ0v) is 8.78. The molecule has 0 saturated carbocycles. The Labute approximate surface area is 84.2 Å². The molecule has 0 aromatic heterocycles. The Morgan fingerprint density at radius 3 is 2.79 bits per heavy atom. The molecule has 1 aliphatic heterocycles. The summed E-state index contributed by atoms with van der Waals surface area (Å²) in [5, 5.41) is 0. The molecule has 14 heavy (non-hydrogen) atoms. The van der Waals surface area contributed by atoms with Crippen molar-refractivity contribution in [3.8, 4) is 0 Å². The average molecular weight is 199 g/mol. The summed E-state index contributed by atoms with van der Waals surface area (Å²) in [5.41, 5.74) is 0. The molecule has 1 unspecified atom stereocenters. The SMILES string of the molecule is CCC1CCCN(C(=O)C(=O)OC)C1. The van der Waals surface area contributed by atoms with Gasteiger partial charge < -0.3 is 9.64 Å². The highest BCUT2D eigenvalue weighted by Crippen LogP contribution is 2.19. The van der Waals surface area contributed by atoms with Gasteiger partial charge in [-0.25, -0.2) is 4.79 Å². The van der Waals surface area contributed by atoms with Crippen LogP contribution in [0, 0.1) is 5.92 Å². The van der Waals surface area contributed by atoms with Crippen LogP contribution in [-0.4, -0.2) is 37.0 Å². The predicted octanol–water partition coefficient (Wildman–Crippen LogP) is 0.808. The number of likely N-dealkylation sites (tertiary alicyclic amines) is 1. The molecule has 1 atom stereocenters. The molecule has 0 N–H and O–H groups in total. The molecule has 0 radical (unpaired) electrons. The summed E-state index contributed by atoms with van der Waals surface area (Å²) in [7, 11) is 1.24. The van der Waals surface area contributed by atoms with E-state index in [2.05, 4.69) is 11.7 Å². The van der Waals surface area contributed by atoms with Crippen molar-refractivity contribution in [3.05, 3.63) is 0 Å². The van der Waals surface area contributed by atoms with Crippen molar-refractivity contribution in [2.24, 2.45) is 5.92 Å². The number of methoxy groups -OCH3 is 1. The van der Waals surface area contributed by atoms with Crippen molar-refractivity contribution in [2.75, 3.05) is 20.2 Å². The van der Waals surface area contributed by atoms with Crippen LogP contribution in [-0.2, 0) is 14.3 Å². The topological polar surface area (TPSA) is 46.6 Å². The second-order valence-electron chi connectivity index (χ2n) is 3.66. The number of rotatable bonds is 1. The quantitative estimate of drug-likeness (QED) is 0.463. The van der Waals surface area contributed by atoms with Crippen molar-refractivity contribution in [1.82, 2.24) is 4.90 Å².